The summed E-state index contributed by atoms with van der Waals surface area (Å²) in [6.07, 6.45) is 3.72. The van der Waals surface area contributed by atoms with Crippen LogP contribution in [0.15, 0.2) is 48.7 Å². The fourth-order valence-electron chi connectivity index (χ4n) is 5.82. The quantitative estimate of drug-likeness (QED) is 0.364. The molecule has 1 unspecified atom stereocenters. The highest BCUT2D eigenvalue weighted by Crippen LogP contribution is 2.52. The molecule has 200 valence electrons. The van der Waals surface area contributed by atoms with Gasteiger partial charge >= 0.3 is 11.9 Å². The van der Waals surface area contributed by atoms with E-state index in [0.29, 0.717) is 59.7 Å². The zero-order valence-corrected chi connectivity index (χ0v) is 22.1. The Morgan fingerprint density at radius 2 is 1.89 bits per heavy atom. The largest absolute Gasteiger partial charge is 0.481 e. The molecule has 1 N–H and O–H groups in total. The van der Waals surface area contributed by atoms with Crippen molar-refractivity contribution >= 4 is 23.5 Å². The number of hydrogen-bond acceptors (Lipinski definition) is 5. The fraction of sp³-hybridized carbons (Fsp3) is 0.414. The van der Waals surface area contributed by atoms with Gasteiger partial charge < -0.3 is 14.6 Å². The number of aromatic nitrogens is 2. The highest BCUT2D eigenvalue weighted by Gasteiger charge is 2.52. The van der Waals surface area contributed by atoms with Crippen molar-refractivity contribution in [2.75, 3.05) is 6.61 Å². The molecule has 38 heavy (non-hydrogen) atoms. The standard InChI is InChI=1S/C29H30ClFN2O5/c1-18(19-3-6-21(30)7-4-19)38-27(36)14-25-22(16-32-33(25)2)20-5-8-23(24(31)13-20)28-9-11-29(12-10-28,37-17-28)15-26(34)35/h3-8,13,16,18H,9-12,14-15,17H2,1-2H3,(H,34,35). The van der Waals surface area contributed by atoms with Gasteiger partial charge in [-0.25, -0.2) is 4.39 Å². The first kappa shape index (κ1) is 26.4. The molecule has 3 heterocycles. The van der Waals surface area contributed by atoms with Gasteiger partial charge in [-0.05, 0) is 67.5 Å². The summed E-state index contributed by atoms with van der Waals surface area (Å²) in [4.78, 5) is 24.1. The number of halogens is 2. The van der Waals surface area contributed by atoms with E-state index in [4.69, 9.17) is 21.1 Å². The smallest absolute Gasteiger partial charge is 0.312 e. The number of esters is 1. The Balaban J connectivity index is 1.32. The summed E-state index contributed by atoms with van der Waals surface area (Å²) in [6, 6.07) is 12.3. The number of nitrogens with zero attached hydrogens (tertiary/aromatic N) is 2. The van der Waals surface area contributed by atoms with Gasteiger partial charge in [0.15, 0.2) is 0 Å². The van der Waals surface area contributed by atoms with Crippen molar-refractivity contribution in [3.63, 3.8) is 0 Å². The number of benzene rings is 2. The first-order chi connectivity index (χ1) is 18.1. The van der Waals surface area contributed by atoms with Crippen molar-refractivity contribution in [3.05, 3.63) is 76.3 Å². The highest BCUT2D eigenvalue weighted by atomic mass is 35.5. The number of rotatable bonds is 8. The van der Waals surface area contributed by atoms with Gasteiger partial charge in [0.1, 0.15) is 11.9 Å². The normalized spacial score (nSPS) is 23.3. The summed E-state index contributed by atoms with van der Waals surface area (Å²) in [5.41, 5.74) is 2.25. The number of hydrogen-bond donors (Lipinski definition) is 1. The molecule has 2 aromatic carbocycles. The molecule has 6 rings (SSSR count). The Labute approximate surface area is 225 Å². The van der Waals surface area contributed by atoms with Crippen LogP contribution < -0.4 is 0 Å². The van der Waals surface area contributed by atoms with Gasteiger partial charge in [0.05, 0.1) is 36.9 Å². The molecule has 0 amide bonds. The van der Waals surface area contributed by atoms with Crippen LogP contribution in [0.5, 0.6) is 0 Å². The average molecular weight is 541 g/mol. The van der Waals surface area contributed by atoms with Crippen LogP contribution in [0.2, 0.25) is 5.02 Å². The van der Waals surface area contributed by atoms with Crippen LogP contribution in [0.25, 0.3) is 11.1 Å². The molecule has 3 aromatic rings. The summed E-state index contributed by atoms with van der Waals surface area (Å²) in [5.74, 6) is -1.63. The number of carboxylic acids is 1. The molecule has 3 aliphatic rings. The molecule has 2 bridgehead atoms. The van der Waals surface area contributed by atoms with Crippen LogP contribution in [-0.2, 0) is 37.9 Å². The summed E-state index contributed by atoms with van der Waals surface area (Å²) >= 11 is 5.94. The molecule has 1 saturated carbocycles. The Morgan fingerprint density at radius 3 is 2.50 bits per heavy atom. The molecule has 0 spiro atoms. The predicted octanol–water partition coefficient (Wildman–Crippen LogP) is 5.78. The summed E-state index contributed by atoms with van der Waals surface area (Å²) < 4.78 is 28.8. The van der Waals surface area contributed by atoms with Gasteiger partial charge in [-0.3, -0.25) is 14.3 Å². The zero-order chi connectivity index (χ0) is 27.1. The van der Waals surface area contributed by atoms with Crippen molar-refractivity contribution in [3.8, 4) is 11.1 Å². The zero-order valence-electron chi connectivity index (χ0n) is 21.4. The second-order valence-electron chi connectivity index (χ2n) is 10.5. The third-order valence-corrected chi connectivity index (χ3v) is 8.37. The first-order valence-corrected chi connectivity index (χ1v) is 13.1. The predicted molar refractivity (Wildman–Crippen MR) is 139 cm³/mol. The second-order valence-corrected chi connectivity index (χ2v) is 10.9. The lowest BCUT2D eigenvalue weighted by Gasteiger charge is -2.53. The first-order valence-electron chi connectivity index (χ1n) is 12.7. The maximum absolute atomic E-state index is 15.6. The third kappa shape index (κ3) is 5.07. The van der Waals surface area contributed by atoms with Crippen molar-refractivity contribution < 1.29 is 28.6 Å². The van der Waals surface area contributed by atoms with Crippen LogP contribution in [0.4, 0.5) is 4.39 Å². The number of aryl methyl sites for hydroxylation is 1. The van der Waals surface area contributed by atoms with E-state index in [2.05, 4.69) is 5.10 Å². The number of fused-ring (bicyclic) bond motifs is 3. The van der Waals surface area contributed by atoms with Crippen LogP contribution in [0.3, 0.4) is 0 Å². The third-order valence-electron chi connectivity index (χ3n) is 8.12. The van der Waals surface area contributed by atoms with Crippen molar-refractivity contribution in [1.82, 2.24) is 9.78 Å². The molecular formula is C29H30ClFN2O5. The van der Waals surface area contributed by atoms with Crippen molar-refractivity contribution in [2.45, 2.75) is 62.6 Å². The monoisotopic (exact) mass is 540 g/mol. The van der Waals surface area contributed by atoms with Gasteiger partial charge in [-0.1, -0.05) is 35.9 Å². The van der Waals surface area contributed by atoms with Gasteiger partial charge in [-0.2, -0.15) is 5.10 Å². The van der Waals surface area contributed by atoms with E-state index >= 15 is 4.39 Å². The Morgan fingerprint density at radius 1 is 1.18 bits per heavy atom. The lowest BCUT2D eigenvalue weighted by Crippen LogP contribution is -2.54. The number of carboxylic acid groups (broad SMARTS) is 1. The topological polar surface area (TPSA) is 90.7 Å². The molecule has 0 radical (unpaired) electrons. The molecule has 1 aliphatic carbocycles. The number of carbonyl (C=O) groups excluding carboxylic acids is 1. The van der Waals surface area contributed by atoms with E-state index in [1.165, 1.54) is 6.07 Å². The van der Waals surface area contributed by atoms with Crippen LogP contribution >= 0.6 is 11.6 Å². The lowest BCUT2D eigenvalue weighted by atomic mass is 9.62. The molecular weight excluding hydrogens is 511 g/mol. The average Bonchev–Trinajstić information content (AvgIpc) is 3.24. The summed E-state index contributed by atoms with van der Waals surface area (Å²) in [6.45, 7) is 2.11. The van der Waals surface area contributed by atoms with E-state index in [-0.39, 0.29) is 18.7 Å². The van der Waals surface area contributed by atoms with Gasteiger partial charge in [0.2, 0.25) is 0 Å². The Kier molecular flexibility index (Phi) is 7.05. The van der Waals surface area contributed by atoms with Crippen molar-refractivity contribution in [2.24, 2.45) is 7.05 Å². The van der Waals surface area contributed by atoms with Gasteiger partial charge in [-0.15, -0.1) is 0 Å². The maximum Gasteiger partial charge on any atom is 0.312 e. The van der Waals surface area contributed by atoms with E-state index in [0.717, 1.165) is 5.56 Å². The van der Waals surface area contributed by atoms with Crippen LogP contribution in [0.1, 0.15) is 62.0 Å². The fourth-order valence-corrected chi connectivity index (χ4v) is 5.94. The Hall–Kier alpha value is -3.23. The van der Waals surface area contributed by atoms with Gasteiger partial charge in [0.25, 0.3) is 0 Å². The lowest BCUT2D eigenvalue weighted by molar-refractivity contribution is -0.175. The highest BCUT2D eigenvalue weighted by molar-refractivity contribution is 6.30. The van der Waals surface area contributed by atoms with E-state index in [1.807, 2.05) is 18.2 Å². The Bertz CT molecular complexity index is 1350. The summed E-state index contributed by atoms with van der Waals surface area (Å²) in [5, 5.41) is 14.2. The maximum atomic E-state index is 15.6. The number of ether oxygens (including phenoxy) is 2. The number of aliphatic carboxylic acids is 1. The van der Waals surface area contributed by atoms with Crippen LogP contribution in [-0.4, -0.2) is 39.0 Å². The van der Waals surface area contributed by atoms with Crippen molar-refractivity contribution in [1.29, 1.82) is 0 Å². The SMILES string of the molecule is CC(OC(=O)Cc1c(-c2ccc(C34CCC(CC(=O)O)(CC3)OC4)c(F)c2)cnn1C)c1ccc(Cl)cc1. The molecule has 3 fully saturated rings. The molecule has 2 aliphatic heterocycles. The minimum Gasteiger partial charge on any atom is -0.481 e. The second kappa shape index (κ2) is 10.2. The minimum absolute atomic E-state index is 0.0173. The number of carbonyl (C=O) groups is 2. The van der Waals surface area contributed by atoms with E-state index in [9.17, 15) is 14.7 Å². The van der Waals surface area contributed by atoms with E-state index < -0.39 is 29.1 Å². The molecule has 7 nitrogen and oxygen atoms in total. The van der Waals surface area contributed by atoms with E-state index in [1.54, 1.807) is 43.0 Å². The molecule has 9 heteroatoms. The van der Waals surface area contributed by atoms with Crippen LogP contribution in [0, 0.1) is 5.82 Å². The molecule has 2 saturated heterocycles. The summed E-state index contributed by atoms with van der Waals surface area (Å²) in [7, 11) is 1.74. The van der Waals surface area contributed by atoms with Gasteiger partial charge in [0, 0.05) is 23.0 Å². The molecule has 1 aromatic heterocycles. The minimum atomic E-state index is -0.870. The molecule has 1 atom stereocenters.